The SMILES string of the molecule is CN(CCCCCCl)C(=O)CC1CCC1. The molecule has 0 aromatic carbocycles. The van der Waals surface area contributed by atoms with Crippen LogP contribution in [0.4, 0.5) is 0 Å². The monoisotopic (exact) mass is 231 g/mol. The third-order valence-corrected chi connectivity index (χ3v) is 3.51. The lowest BCUT2D eigenvalue weighted by atomic mass is 9.83. The molecular formula is C12H22ClNO. The molecule has 0 bridgehead atoms. The molecule has 3 heteroatoms. The van der Waals surface area contributed by atoms with Crippen molar-refractivity contribution in [2.24, 2.45) is 5.92 Å². The topological polar surface area (TPSA) is 20.3 Å². The molecule has 1 aliphatic carbocycles. The average molecular weight is 232 g/mol. The van der Waals surface area contributed by atoms with Gasteiger partial charge in [-0.15, -0.1) is 11.6 Å². The zero-order chi connectivity index (χ0) is 11.1. The standard InChI is InChI=1S/C12H22ClNO/c1-14(9-4-2-3-8-13)12(15)10-11-6-5-7-11/h11H,2-10H2,1H3. The van der Waals surface area contributed by atoms with E-state index in [1.165, 1.54) is 19.3 Å². The van der Waals surface area contributed by atoms with Crippen LogP contribution in [0.25, 0.3) is 0 Å². The summed E-state index contributed by atoms with van der Waals surface area (Å²) in [4.78, 5) is 13.6. The molecule has 0 radical (unpaired) electrons. The molecule has 1 aliphatic rings. The van der Waals surface area contributed by atoms with Crippen molar-refractivity contribution in [1.29, 1.82) is 0 Å². The van der Waals surface area contributed by atoms with Crippen LogP contribution in [0.1, 0.15) is 44.9 Å². The van der Waals surface area contributed by atoms with Gasteiger partial charge in [-0.05, 0) is 31.6 Å². The van der Waals surface area contributed by atoms with Crippen LogP contribution in [-0.4, -0.2) is 30.3 Å². The van der Waals surface area contributed by atoms with Crippen LogP contribution < -0.4 is 0 Å². The minimum absolute atomic E-state index is 0.325. The summed E-state index contributed by atoms with van der Waals surface area (Å²) in [6, 6.07) is 0. The van der Waals surface area contributed by atoms with Gasteiger partial charge in [0.1, 0.15) is 0 Å². The first-order valence-corrected chi connectivity index (χ1v) is 6.57. The largest absolute Gasteiger partial charge is 0.346 e. The molecule has 0 N–H and O–H groups in total. The summed E-state index contributed by atoms with van der Waals surface area (Å²) in [5.41, 5.74) is 0. The molecule has 2 nitrogen and oxygen atoms in total. The van der Waals surface area contributed by atoms with E-state index in [1.807, 2.05) is 11.9 Å². The number of carbonyl (C=O) groups is 1. The van der Waals surface area contributed by atoms with Crippen LogP contribution in [0.15, 0.2) is 0 Å². The number of amides is 1. The number of hydrogen-bond donors (Lipinski definition) is 0. The summed E-state index contributed by atoms with van der Waals surface area (Å²) in [5, 5.41) is 0. The highest BCUT2D eigenvalue weighted by molar-refractivity contribution is 6.17. The quantitative estimate of drug-likeness (QED) is 0.487. The van der Waals surface area contributed by atoms with Gasteiger partial charge in [-0.1, -0.05) is 12.8 Å². The summed E-state index contributed by atoms with van der Waals surface area (Å²) in [6.45, 7) is 0.891. The van der Waals surface area contributed by atoms with Crippen molar-refractivity contribution in [1.82, 2.24) is 4.90 Å². The smallest absolute Gasteiger partial charge is 0.222 e. The molecule has 1 saturated carbocycles. The molecule has 1 rings (SSSR count). The van der Waals surface area contributed by atoms with Crippen molar-refractivity contribution < 1.29 is 4.79 Å². The van der Waals surface area contributed by atoms with Crippen molar-refractivity contribution in [3.8, 4) is 0 Å². The Hall–Kier alpha value is -0.240. The van der Waals surface area contributed by atoms with Crippen molar-refractivity contribution in [3.05, 3.63) is 0 Å². The highest BCUT2D eigenvalue weighted by atomic mass is 35.5. The van der Waals surface area contributed by atoms with Crippen LogP contribution in [0, 0.1) is 5.92 Å². The normalized spacial score (nSPS) is 16.1. The van der Waals surface area contributed by atoms with E-state index in [1.54, 1.807) is 0 Å². The molecular weight excluding hydrogens is 210 g/mol. The highest BCUT2D eigenvalue weighted by Gasteiger charge is 2.21. The molecule has 0 heterocycles. The Balaban J connectivity index is 2.03. The van der Waals surface area contributed by atoms with Gasteiger partial charge in [0.15, 0.2) is 0 Å². The molecule has 0 saturated heterocycles. The minimum atomic E-state index is 0.325. The van der Waals surface area contributed by atoms with E-state index in [0.29, 0.717) is 11.8 Å². The molecule has 0 unspecified atom stereocenters. The second-order valence-corrected chi connectivity index (χ2v) is 4.94. The van der Waals surface area contributed by atoms with Gasteiger partial charge in [0, 0.05) is 25.9 Å². The number of rotatable bonds is 7. The Bertz CT molecular complexity index is 192. The van der Waals surface area contributed by atoms with Crippen molar-refractivity contribution >= 4 is 17.5 Å². The van der Waals surface area contributed by atoms with E-state index < -0.39 is 0 Å². The van der Waals surface area contributed by atoms with Gasteiger partial charge in [-0.25, -0.2) is 0 Å². The lowest BCUT2D eigenvalue weighted by molar-refractivity contribution is -0.131. The first kappa shape index (κ1) is 12.8. The fraction of sp³-hybridized carbons (Fsp3) is 0.917. The number of carbonyl (C=O) groups excluding carboxylic acids is 1. The Labute approximate surface area is 98.0 Å². The van der Waals surface area contributed by atoms with Crippen LogP contribution in [0.2, 0.25) is 0 Å². The third kappa shape index (κ3) is 4.87. The predicted octanol–water partition coefficient (Wildman–Crippen LogP) is 3.04. The molecule has 0 spiro atoms. The maximum absolute atomic E-state index is 11.7. The highest BCUT2D eigenvalue weighted by Crippen LogP contribution is 2.29. The second kappa shape index (κ2) is 7.10. The first-order chi connectivity index (χ1) is 7.24. The summed E-state index contributed by atoms with van der Waals surface area (Å²) in [7, 11) is 1.92. The summed E-state index contributed by atoms with van der Waals surface area (Å²) >= 11 is 5.59. The zero-order valence-corrected chi connectivity index (χ0v) is 10.4. The first-order valence-electron chi connectivity index (χ1n) is 6.04. The van der Waals surface area contributed by atoms with E-state index in [2.05, 4.69) is 0 Å². The van der Waals surface area contributed by atoms with Gasteiger partial charge in [-0.2, -0.15) is 0 Å². The number of unbranched alkanes of at least 4 members (excludes halogenated alkanes) is 2. The van der Waals surface area contributed by atoms with Gasteiger partial charge in [-0.3, -0.25) is 4.79 Å². The van der Waals surface area contributed by atoms with Crippen molar-refractivity contribution in [3.63, 3.8) is 0 Å². The summed E-state index contributed by atoms with van der Waals surface area (Å²) in [6.07, 6.45) is 7.87. The maximum atomic E-state index is 11.7. The average Bonchev–Trinajstić information content (AvgIpc) is 2.17. The molecule has 15 heavy (non-hydrogen) atoms. The van der Waals surface area contributed by atoms with E-state index in [4.69, 9.17) is 11.6 Å². The zero-order valence-electron chi connectivity index (χ0n) is 9.67. The number of nitrogens with zero attached hydrogens (tertiary/aromatic N) is 1. The van der Waals surface area contributed by atoms with Crippen LogP contribution in [0.3, 0.4) is 0 Å². The third-order valence-electron chi connectivity index (χ3n) is 3.24. The van der Waals surface area contributed by atoms with Gasteiger partial charge < -0.3 is 4.90 Å². The summed E-state index contributed by atoms with van der Waals surface area (Å²) < 4.78 is 0. The predicted molar refractivity (Wildman–Crippen MR) is 64.2 cm³/mol. The molecule has 0 atom stereocenters. The number of alkyl halides is 1. The Kier molecular flexibility index (Phi) is 6.07. The Morgan fingerprint density at radius 2 is 2.07 bits per heavy atom. The van der Waals surface area contributed by atoms with Gasteiger partial charge in [0.25, 0.3) is 0 Å². The number of hydrogen-bond acceptors (Lipinski definition) is 1. The fourth-order valence-corrected chi connectivity index (χ4v) is 2.03. The lowest BCUT2D eigenvalue weighted by Gasteiger charge is -2.27. The van der Waals surface area contributed by atoms with Gasteiger partial charge in [0.05, 0.1) is 0 Å². The Morgan fingerprint density at radius 3 is 2.60 bits per heavy atom. The molecule has 1 amide bonds. The van der Waals surface area contributed by atoms with Gasteiger partial charge >= 0.3 is 0 Å². The van der Waals surface area contributed by atoms with E-state index >= 15 is 0 Å². The van der Waals surface area contributed by atoms with Crippen molar-refractivity contribution in [2.45, 2.75) is 44.9 Å². The molecule has 0 aromatic heterocycles. The van der Waals surface area contributed by atoms with E-state index in [9.17, 15) is 4.79 Å². The molecule has 0 aliphatic heterocycles. The summed E-state index contributed by atoms with van der Waals surface area (Å²) in [5.74, 6) is 1.74. The Morgan fingerprint density at radius 1 is 1.33 bits per heavy atom. The van der Waals surface area contributed by atoms with Crippen molar-refractivity contribution in [2.75, 3.05) is 19.5 Å². The van der Waals surface area contributed by atoms with Crippen LogP contribution in [-0.2, 0) is 4.79 Å². The fourth-order valence-electron chi connectivity index (χ4n) is 1.84. The molecule has 0 aromatic rings. The van der Waals surface area contributed by atoms with Crippen LogP contribution >= 0.6 is 11.6 Å². The number of halogens is 1. The maximum Gasteiger partial charge on any atom is 0.222 e. The van der Waals surface area contributed by atoms with Gasteiger partial charge in [0.2, 0.25) is 5.91 Å². The van der Waals surface area contributed by atoms with E-state index in [-0.39, 0.29) is 0 Å². The lowest BCUT2D eigenvalue weighted by Crippen LogP contribution is -2.30. The minimum Gasteiger partial charge on any atom is -0.346 e. The van der Waals surface area contributed by atoms with Crippen LogP contribution in [0.5, 0.6) is 0 Å². The molecule has 88 valence electrons. The second-order valence-electron chi connectivity index (χ2n) is 4.57. The van der Waals surface area contributed by atoms with E-state index in [0.717, 1.165) is 38.1 Å². The molecule has 1 fully saturated rings.